The number of carboxylic acid groups (broad SMARTS) is 1. The predicted octanol–water partition coefficient (Wildman–Crippen LogP) is 1.44. The van der Waals surface area contributed by atoms with Crippen LogP contribution >= 0.6 is 0 Å². The van der Waals surface area contributed by atoms with Gasteiger partial charge >= 0.3 is 5.97 Å². The van der Waals surface area contributed by atoms with E-state index in [1.807, 2.05) is 24.3 Å². The number of ether oxygens (including phenoxy) is 1. The Hall–Kier alpha value is -2.73. The van der Waals surface area contributed by atoms with Crippen LogP contribution in [0.5, 0.6) is 5.75 Å². The van der Waals surface area contributed by atoms with Gasteiger partial charge in [-0.25, -0.2) is 0 Å². The van der Waals surface area contributed by atoms with E-state index in [0.29, 0.717) is 5.75 Å². The molecule has 0 fully saturated rings. The first-order valence-corrected chi connectivity index (χ1v) is 6.29. The van der Waals surface area contributed by atoms with Crippen LogP contribution in [0.3, 0.4) is 0 Å². The molecule has 2 rings (SSSR count). The molecule has 0 saturated heterocycles. The van der Waals surface area contributed by atoms with Gasteiger partial charge in [-0.2, -0.15) is 0 Å². The van der Waals surface area contributed by atoms with Crippen LogP contribution < -0.4 is 10.5 Å². The maximum atomic E-state index is 10.6. The minimum absolute atomic E-state index is 0.103. The van der Waals surface area contributed by atoms with Gasteiger partial charge in [-0.15, -0.1) is 0 Å². The molecule has 0 saturated carbocycles. The molecule has 1 atom stereocenters. The minimum Gasteiger partial charge on any atom is -0.490 e. The van der Waals surface area contributed by atoms with Gasteiger partial charge in [0, 0.05) is 18.6 Å². The number of carboxylic acids is 1. The van der Waals surface area contributed by atoms with E-state index in [9.17, 15) is 4.79 Å². The smallest absolute Gasteiger partial charge is 0.324 e. The second-order valence-corrected chi connectivity index (χ2v) is 4.32. The molecule has 0 aromatic carbocycles. The number of rotatable bonds is 6. The number of nitrogens with zero attached hydrogens (tertiary/aromatic N) is 2. The average Bonchev–Trinajstić information content (AvgIpc) is 2.52. The molecule has 2 heterocycles. The van der Waals surface area contributed by atoms with Crippen LogP contribution in [-0.2, 0) is 4.79 Å². The van der Waals surface area contributed by atoms with Gasteiger partial charge in [-0.05, 0) is 29.3 Å². The molecule has 21 heavy (non-hydrogen) atoms. The van der Waals surface area contributed by atoms with Crippen molar-refractivity contribution in [2.24, 2.45) is 5.73 Å². The third-order valence-corrected chi connectivity index (χ3v) is 2.66. The summed E-state index contributed by atoms with van der Waals surface area (Å²) in [5.41, 5.74) is 7.23. The van der Waals surface area contributed by atoms with Crippen LogP contribution in [0.4, 0.5) is 0 Å². The summed E-state index contributed by atoms with van der Waals surface area (Å²) >= 11 is 0. The van der Waals surface area contributed by atoms with E-state index in [0.717, 1.165) is 11.1 Å². The molecule has 3 N–H and O–H groups in total. The summed E-state index contributed by atoms with van der Waals surface area (Å²) in [6.07, 6.45) is 10.4. The molecule has 108 valence electrons. The topological polar surface area (TPSA) is 98.3 Å². The molecule has 0 bridgehead atoms. The number of aliphatic carboxylic acids is 1. The van der Waals surface area contributed by atoms with Gasteiger partial charge in [0.1, 0.15) is 18.4 Å². The van der Waals surface area contributed by atoms with E-state index in [1.54, 1.807) is 24.7 Å². The number of aromatic nitrogens is 2. The lowest BCUT2D eigenvalue weighted by molar-refractivity contribution is -0.139. The van der Waals surface area contributed by atoms with Gasteiger partial charge in [0.25, 0.3) is 0 Å². The molecule has 0 aliphatic heterocycles. The molecule has 2 aromatic rings. The molecule has 2 aromatic heterocycles. The van der Waals surface area contributed by atoms with Crippen molar-refractivity contribution in [1.82, 2.24) is 9.97 Å². The zero-order valence-corrected chi connectivity index (χ0v) is 11.2. The quantitative estimate of drug-likeness (QED) is 0.833. The molecule has 0 aliphatic carbocycles. The number of carbonyl (C=O) groups is 1. The average molecular weight is 285 g/mol. The number of hydrogen-bond acceptors (Lipinski definition) is 5. The van der Waals surface area contributed by atoms with Crippen molar-refractivity contribution >= 4 is 18.1 Å². The van der Waals surface area contributed by atoms with E-state index in [1.165, 1.54) is 6.20 Å². The van der Waals surface area contributed by atoms with Crippen molar-refractivity contribution in [2.75, 3.05) is 6.61 Å². The minimum atomic E-state index is -1.10. The Morgan fingerprint density at radius 1 is 1.24 bits per heavy atom. The van der Waals surface area contributed by atoms with Crippen LogP contribution in [0.1, 0.15) is 11.1 Å². The predicted molar refractivity (Wildman–Crippen MR) is 78.5 cm³/mol. The highest BCUT2D eigenvalue weighted by Gasteiger charge is 2.11. The lowest BCUT2D eigenvalue weighted by atomic mass is 10.2. The van der Waals surface area contributed by atoms with E-state index in [4.69, 9.17) is 15.6 Å². The first kappa shape index (κ1) is 14.7. The zero-order valence-electron chi connectivity index (χ0n) is 11.2. The molecule has 0 spiro atoms. The number of pyridine rings is 2. The third-order valence-electron chi connectivity index (χ3n) is 2.66. The molecule has 6 nitrogen and oxygen atoms in total. The van der Waals surface area contributed by atoms with Crippen molar-refractivity contribution in [3.8, 4) is 5.75 Å². The Kier molecular flexibility index (Phi) is 5.00. The Bertz CT molecular complexity index is 629. The normalized spacial score (nSPS) is 12.2. The molecule has 0 radical (unpaired) electrons. The van der Waals surface area contributed by atoms with E-state index < -0.39 is 12.0 Å². The van der Waals surface area contributed by atoms with Crippen molar-refractivity contribution < 1.29 is 14.6 Å². The highest BCUT2D eigenvalue weighted by molar-refractivity contribution is 5.73. The monoisotopic (exact) mass is 285 g/mol. The van der Waals surface area contributed by atoms with E-state index in [2.05, 4.69) is 9.97 Å². The van der Waals surface area contributed by atoms with Gasteiger partial charge in [-0.1, -0.05) is 12.2 Å². The fraction of sp³-hybridized carbons (Fsp3) is 0.133. The maximum Gasteiger partial charge on any atom is 0.324 e. The second-order valence-electron chi connectivity index (χ2n) is 4.32. The van der Waals surface area contributed by atoms with Crippen LogP contribution in [0.15, 0.2) is 43.0 Å². The van der Waals surface area contributed by atoms with Gasteiger partial charge in [0.15, 0.2) is 0 Å². The Morgan fingerprint density at radius 2 is 1.95 bits per heavy atom. The highest BCUT2D eigenvalue weighted by Crippen LogP contribution is 2.14. The number of hydrogen-bond donors (Lipinski definition) is 2. The first-order valence-electron chi connectivity index (χ1n) is 6.29. The Morgan fingerprint density at radius 3 is 2.67 bits per heavy atom. The van der Waals surface area contributed by atoms with E-state index in [-0.39, 0.29) is 6.61 Å². The summed E-state index contributed by atoms with van der Waals surface area (Å²) < 4.78 is 5.31. The molecule has 0 amide bonds. The van der Waals surface area contributed by atoms with Crippen molar-refractivity contribution in [3.63, 3.8) is 0 Å². The summed E-state index contributed by atoms with van der Waals surface area (Å²) in [7, 11) is 0. The van der Waals surface area contributed by atoms with Gasteiger partial charge in [-0.3, -0.25) is 14.8 Å². The summed E-state index contributed by atoms with van der Waals surface area (Å²) in [6.45, 7) is -0.103. The van der Waals surface area contributed by atoms with Crippen LogP contribution in [0.25, 0.3) is 12.2 Å². The first-order chi connectivity index (χ1) is 10.1. The molecule has 0 aliphatic rings. The van der Waals surface area contributed by atoms with Crippen molar-refractivity contribution in [3.05, 3.63) is 54.1 Å². The SMILES string of the molecule is N[C@H](COc1cncc(/C=C/c2ccncc2)c1)C(=O)O. The molecule has 0 unspecified atom stereocenters. The fourth-order valence-corrected chi connectivity index (χ4v) is 1.53. The molecule has 6 heteroatoms. The van der Waals surface area contributed by atoms with Gasteiger partial charge in [0.2, 0.25) is 0 Å². The molecular weight excluding hydrogens is 270 g/mol. The lowest BCUT2D eigenvalue weighted by Gasteiger charge is -2.09. The summed E-state index contributed by atoms with van der Waals surface area (Å²) in [6, 6.07) is 4.48. The third kappa shape index (κ3) is 4.70. The molecular formula is C15H15N3O3. The fourth-order valence-electron chi connectivity index (χ4n) is 1.53. The zero-order chi connectivity index (χ0) is 15.1. The summed E-state index contributed by atoms with van der Waals surface area (Å²) in [5, 5.41) is 8.69. The Labute approximate surface area is 121 Å². The summed E-state index contributed by atoms with van der Waals surface area (Å²) in [5.74, 6) is -0.625. The summed E-state index contributed by atoms with van der Waals surface area (Å²) in [4.78, 5) is 18.6. The van der Waals surface area contributed by atoms with Crippen LogP contribution in [-0.4, -0.2) is 33.7 Å². The van der Waals surface area contributed by atoms with Crippen molar-refractivity contribution in [1.29, 1.82) is 0 Å². The maximum absolute atomic E-state index is 10.6. The van der Waals surface area contributed by atoms with Crippen LogP contribution in [0, 0.1) is 0 Å². The van der Waals surface area contributed by atoms with Crippen LogP contribution in [0.2, 0.25) is 0 Å². The van der Waals surface area contributed by atoms with Crippen molar-refractivity contribution in [2.45, 2.75) is 6.04 Å². The Balaban J connectivity index is 2.01. The second kappa shape index (κ2) is 7.16. The number of nitrogens with two attached hydrogens (primary N) is 1. The van der Waals surface area contributed by atoms with E-state index >= 15 is 0 Å². The van der Waals surface area contributed by atoms with Gasteiger partial charge < -0.3 is 15.6 Å². The van der Waals surface area contributed by atoms with Gasteiger partial charge in [0.05, 0.1) is 6.20 Å². The standard InChI is InChI=1S/C15H15N3O3/c16-14(15(19)20)10-21-13-7-12(8-18-9-13)2-1-11-3-5-17-6-4-11/h1-9,14H,10,16H2,(H,19,20)/b2-1+/t14-/m1/s1. The lowest BCUT2D eigenvalue weighted by Crippen LogP contribution is -2.36. The largest absolute Gasteiger partial charge is 0.490 e. The highest BCUT2D eigenvalue weighted by atomic mass is 16.5.